The van der Waals surface area contributed by atoms with Gasteiger partial charge in [-0.2, -0.15) is 0 Å². The number of hydrogen-bond acceptors (Lipinski definition) is 7. The van der Waals surface area contributed by atoms with E-state index in [0.717, 1.165) is 5.56 Å². The maximum absolute atomic E-state index is 12.3. The van der Waals surface area contributed by atoms with Gasteiger partial charge in [0.15, 0.2) is 11.9 Å². The third kappa shape index (κ3) is 3.35. The fourth-order valence-electron chi connectivity index (χ4n) is 2.72. The molecule has 0 spiro atoms. The summed E-state index contributed by atoms with van der Waals surface area (Å²) in [7, 11) is 0. The van der Waals surface area contributed by atoms with Gasteiger partial charge in [-0.15, -0.1) is 0 Å². The predicted octanol–water partition coefficient (Wildman–Crippen LogP) is -0.993. The Kier molecular flexibility index (Phi) is 5.00. The van der Waals surface area contributed by atoms with Crippen molar-refractivity contribution in [3.8, 4) is 0 Å². The highest BCUT2D eigenvalue weighted by Crippen LogP contribution is 2.31. The van der Waals surface area contributed by atoms with E-state index in [-0.39, 0.29) is 11.5 Å². The van der Waals surface area contributed by atoms with E-state index < -0.39 is 37.1 Å². The first kappa shape index (κ1) is 17.4. The molecule has 9 nitrogen and oxygen atoms in total. The van der Waals surface area contributed by atoms with Crippen molar-refractivity contribution in [3.05, 3.63) is 47.9 Å². The van der Waals surface area contributed by atoms with E-state index in [1.165, 1.54) is 10.9 Å². The number of imidazole rings is 1. The number of amides is 1. The summed E-state index contributed by atoms with van der Waals surface area (Å²) in [5.41, 5.74) is 6.87. The Labute approximate surface area is 143 Å². The highest BCUT2D eigenvalue weighted by atomic mass is 16.6. The number of ether oxygens (including phenoxy) is 1. The molecular formula is C16H20N4O5. The average molecular weight is 348 g/mol. The first-order chi connectivity index (χ1) is 12.0. The van der Waals surface area contributed by atoms with Crippen molar-refractivity contribution < 1.29 is 24.9 Å². The summed E-state index contributed by atoms with van der Waals surface area (Å²) in [5.74, 6) is -0.466. The van der Waals surface area contributed by atoms with Crippen molar-refractivity contribution in [2.24, 2.45) is 0 Å². The molecule has 6 N–H and O–H groups in total. The fraction of sp³-hybridized carbons (Fsp3) is 0.375. The van der Waals surface area contributed by atoms with Crippen molar-refractivity contribution in [2.45, 2.75) is 31.1 Å². The number of nitrogens with zero attached hydrogens (tertiary/aromatic N) is 2. The van der Waals surface area contributed by atoms with Gasteiger partial charge in [-0.1, -0.05) is 30.3 Å². The second kappa shape index (κ2) is 7.19. The molecule has 0 saturated carbocycles. The zero-order valence-electron chi connectivity index (χ0n) is 13.3. The molecule has 1 aliphatic heterocycles. The smallest absolute Gasteiger partial charge is 0.273 e. The van der Waals surface area contributed by atoms with E-state index in [4.69, 9.17) is 15.6 Å². The van der Waals surface area contributed by atoms with Crippen LogP contribution in [-0.2, 0) is 11.3 Å². The van der Waals surface area contributed by atoms with Gasteiger partial charge < -0.3 is 31.1 Å². The lowest BCUT2D eigenvalue weighted by Crippen LogP contribution is -2.33. The molecule has 1 amide bonds. The number of aromatic nitrogens is 2. The summed E-state index contributed by atoms with van der Waals surface area (Å²) < 4.78 is 6.65. The second-order valence-corrected chi connectivity index (χ2v) is 5.78. The molecule has 2 heterocycles. The van der Waals surface area contributed by atoms with Gasteiger partial charge in [0.2, 0.25) is 0 Å². The van der Waals surface area contributed by atoms with Gasteiger partial charge in [0.05, 0.1) is 12.9 Å². The number of aliphatic hydroxyl groups is 3. The van der Waals surface area contributed by atoms with Crippen LogP contribution in [0.25, 0.3) is 0 Å². The van der Waals surface area contributed by atoms with Crippen LogP contribution in [0.4, 0.5) is 5.82 Å². The van der Waals surface area contributed by atoms with Gasteiger partial charge in [-0.05, 0) is 5.56 Å². The summed E-state index contributed by atoms with van der Waals surface area (Å²) in [6.45, 7) is -0.131. The third-order valence-corrected chi connectivity index (χ3v) is 4.13. The molecule has 9 heteroatoms. The Hall–Kier alpha value is -2.46. The van der Waals surface area contributed by atoms with E-state index in [1.54, 1.807) is 0 Å². The maximum atomic E-state index is 12.3. The van der Waals surface area contributed by atoms with E-state index in [1.807, 2.05) is 30.3 Å². The number of aliphatic hydroxyl groups excluding tert-OH is 3. The van der Waals surface area contributed by atoms with Gasteiger partial charge in [0.25, 0.3) is 5.91 Å². The number of hydrogen-bond donors (Lipinski definition) is 5. The van der Waals surface area contributed by atoms with Gasteiger partial charge >= 0.3 is 0 Å². The topological polar surface area (TPSA) is 143 Å². The predicted molar refractivity (Wildman–Crippen MR) is 87.3 cm³/mol. The first-order valence-corrected chi connectivity index (χ1v) is 7.79. The monoisotopic (exact) mass is 348 g/mol. The summed E-state index contributed by atoms with van der Waals surface area (Å²) in [6, 6.07) is 9.37. The molecule has 3 rings (SSSR count). The molecule has 1 saturated heterocycles. The first-order valence-electron chi connectivity index (χ1n) is 7.79. The van der Waals surface area contributed by atoms with Crippen LogP contribution < -0.4 is 11.1 Å². The SMILES string of the molecule is Nc1c(C(=O)NCc2ccccc2)ncn1[C@@H]1O[C@H](CO)[C@@H](O)[C@H]1O. The fourth-order valence-corrected chi connectivity index (χ4v) is 2.72. The molecule has 25 heavy (non-hydrogen) atoms. The van der Waals surface area contributed by atoms with E-state index in [2.05, 4.69) is 10.3 Å². The lowest BCUT2D eigenvalue weighted by molar-refractivity contribution is -0.0518. The second-order valence-electron chi connectivity index (χ2n) is 5.78. The number of rotatable bonds is 5. The van der Waals surface area contributed by atoms with Crippen molar-refractivity contribution >= 4 is 11.7 Å². The Morgan fingerprint density at radius 3 is 2.64 bits per heavy atom. The highest BCUT2D eigenvalue weighted by molar-refractivity contribution is 5.96. The molecule has 0 radical (unpaired) electrons. The van der Waals surface area contributed by atoms with Crippen LogP contribution in [0.1, 0.15) is 22.3 Å². The lowest BCUT2D eigenvalue weighted by Gasteiger charge is -2.17. The van der Waals surface area contributed by atoms with Crippen molar-refractivity contribution in [1.29, 1.82) is 0 Å². The normalized spacial score (nSPS) is 25.9. The molecule has 0 unspecified atom stereocenters. The number of anilines is 1. The minimum Gasteiger partial charge on any atom is -0.394 e. The number of carbonyl (C=O) groups is 1. The minimum atomic E-state index is -1.30. The van der Waals surface area contributed by atoms with Crippen LogP contribution in [0.2, 0.25) is 0 Å². The zero-order chi connectivity index (χ0) is 18.0. The molecular weight excluding hydrogens is 328 g/mol. The van der Waals surface area contributed by atoms with E-state index in [0.29, 0.717) is 6.54 Å². The molecule has 1 aromatic heterocycles. The van der Waals surface area contributed by atoms with Gasteiger partial charge in [-0.3, -0.25) is 9.36 Å². The number of benzene rings is 1. The van der Waals surface area contributed by atoms with Gasteiger partial charge in [-0.25, -0.2) is 4.98 Å². The van der Waals surface area contributed by atoms with Gasteiger partial charge in [0, 0.05) is 6.54 Å². The van der Waals surface area contributed by atoms with E-state index in [9.17, 15) is 15.0 Å². The molecule has 0 bridgehead atoms. The lowest BCUT2D eigenvalue weighted by atomic mass is 10.1. The van der Waals surface area contributed by atoms with Crippen LogP contribution in [0.3, 0.4) is 0 Å². The number of carbonyl (C=O) groups excluding carboxylic acids is 1. The van der Waals surface area contributed by atoms with Crippen molar-refractivity contribution in [1.82, 2.24) is 14.9 Å². The zero-order valence-corrected chi connectivity index (χ0v) is 13.3. The highest BCUT2D eigenvalue weighted by Gasteiger charge is 2.44. The van der Waals surface area contributed by atoms with Crippen LogP contribution in [-0.4, -0.2) is 55.7 Å². The molecule has 1 aliphatic rings. The number of nitrogen functional groups attached to an aromatic ring is 1. The van der Waals surface area contributed by atoms with Gasteiger partial charge in [0.1, 0.15) is 24.1 Å². The quantitative estimate of drug-likeness (QED) is 0.467. The molecule has 1 fully saturated rings. The van der Waals surface area contributed by atoms with Crippen LogP contribution in [0.15, 0.2) is 36.7 Å². The Morgan fingerprint density at radius 1 is 1.28 bits per heavy atom. The van der Waals surface area contributed by atoms with Crippen molar-refractivity contribution in [2.75, 3.05) is 12.3 Å². The summed E-state index contributed by atoms with van der Waals surface area (Å²) >= 11 is 0. The summed E-state index contributed by atoms with van der Waals surface area (Å²) in [6.07, 6.45) is -3.26. The molecule has 1 aromatic carbocycles. The van der Waals surface area contributed by atoms with Crippen molar-refractivity contribution in [3.63, 3.8) is 0 Å². The molecule has 134 valence electrons. The average Bonchev–Trinajstić information content (AvgIpc) is 3.14. The third-order valence-electron chi connectivity index (χ3n) is 4.13. The Balaban J connectivity index is 1.72. The standard InChI is InChI=1S/C16H20N4O5/c17-14-11(15(24)18-6-9-4-2-1-3-5-9)19-8-20(14)16-13(23)12(22)10(7-21)25-16/h1-5,8,10,12-13,16,21-23H,6-7,17H2,(H,18,24)/t10-,12-,13-,16-/m1/s1. The number of nitrogens with two attached hydrogens (primary N) is 1. The summed E-state index contributed by atoms with van der Waals surface area (Å²) in [5, 5.41) is 31.7. The Morgan fingerprint density at radius 2 is 2.00 bits per heavy atom. The van der Waals surface area contributed by atoms with Crippen LogP contribution >= 0.6 is 0 Å². The largest absolute Gasteiger partial charge is 0.394 e. The summed E-state index contributed by atoms with van der Waals surface area (Å²) in [4.78, 5) is 16.2. The van der Waals surface area contributed by atoms with Crippen LogP contribution in [0, 0.1) is 0 Å². The Bertz CT molecular complexity index is 735. The van der Waals surface area contributed by atoms with E-state index >= 15 is 0 Å². The maximum Gasteiger partial charge on any atom is 0.273 e. The molecule has 4 atom stereocenters. The molecule has 2 aromatic rings. The molecule has 0 aliphatic carbocycles. The minimum absolute atomic E-state index is 0.000372. The van der Waals surface area contributed by atoms with Crippen LogP contribution in [0.5, 0.6) is 0 Å². The number of nitrogens with one attached hydrogen (secondary N) is 1.